The van der Waals surface area contributed by atoms with Crippen molar-refractivity contribution in [2.75, 3.05) is 11.5 Å². The molecule has 1 aromatic heterocycles. The molecular formula is C13H21BN2O4S. The zero-order valence-electron chi connectivity index (χ0n) is 12.9. The molecule has 3 heterocycles. The normalized spacial score (nSPS) is 29.9. The Bertz CT molecular complexity index is 637. The molecule has 0 spiro atoms. The molecule has 0 unspecified atom stereocenters. The van der Waals surface area contributed by atoms with Crippen LogP contribution in [0.1, 0.15) is 40.2 Å². The first-order chi connectivity index (χ1) is 9.60. The van der Waals surface area contributed by atoms with E-state index in [9.17, 15) is 8.42 Å². The third-order valence-electron chi connectivity index (χ3n) is 4.73. The van der Waals surface area contributed by atoms with Gasteiger partial charge in [-0.15, -0.1) is 0 Å². The highest BCUT2D eigenvalue weighted by Gasteiger charge is 2.52. The van der Waals surface area contributed by atoms with Crippen molar-refractivity contribution in [1.29, 1.82) is 0 Å². The van der Waals surface area contributed by atoms with Crippen LogP contribution in [0.2, 0.25) is 0 Å². The highest BCUT2D eigenvalue weighted by molar-refractivity contribution is 7.91. The van der Waals surface area contributed by atoms with E-state index in [0.29, 0.717) is 6.42 Å². The maximum atomic E-state index is 11.6. The Labute approximate surface area is 125 Å². The Kier molecular flexibility index (Phi) is 3.28. The van der Waals surface area contributed by atoms with Gasteiger partial charge in [0.15, 0.2) is 9.84 Å². The Balaban J connectivity index is 1.78. The molecule has 6 nitrogen and oxygen atoms in total. The number of sulfone groups is 1. The largest absolute Gasteiger partial charge is 0.498 e. The fourth-order valence-corrected chi connectivity index (χ4v) is 4.34. The Morgan fingerprint density at radius 3 is 2.43 bits per heavy atom. The van der Waals surface area contributed by atoms with E-state index in [1.54, 1.807) is 10.9 Å². The Hall–Kier alpha value is -0.855. The van der Waals surface area contributed by atoms with Crippen molar-refractivity contribution in [3.05, 3.63) is 12.4 Å². The van der Waals surface area contributed by atoms with E-state index in [4.69, 9.17) is 9.31 Å². The lowest BCUT2D eigenvalue weighted by molar-refractivity contribution is 0.00578. The Morgan fingerprint density at radius 1 is 1.29 bits per heavy atom. The molecule has 0 aromatic carbocycles. The topological polar surface area (TPSA) is 70.4 Å². The van der Waals surface area contributed by atoms with Crippen molar-refractivity contribution in [2.45, 2.75) is 51.4 Å². The number of rotatable bonds is 2. The average Bonchev–Trinajstić information content (AvgIpc) is 2.97. The SMILES string of the molecule is CC1(C)OB(c2cnn([C@@H]3CCS(=O)(=O)C3)c2)OC1(C)C. The fourth-order valence-electron chi connectivity index (χ4n) is 2.64. The van der Waals surface area contributed by atoms with Gasteiger partial charge in [-0.3, -0.25) is 4.68 Å². The monoisotopic (exact) mass is 312 g/mol. The predicted molar refractivity (Wildman–Crippen MR) is 80.3 cm³/mol. The molecule has 8 heteroatoms. The molecule has 2 aliphatic heterocycles. The minimum atomic E-state index is -2.91. The third-order valence-corrected chi connectivity index (χ3v) is 6.48. The minimum absolute atomic E-state index is 0.0776. The van der Waals surface area contributed by atoms with Gasteiger partial charge in [0.05, 0.1) is 28.7 Å². The Morgan fingerprint density at radius 2 is 1.90 bits per heavy atom. The zero-order chi connectivity index (χ0) is 15.5. The molecular weight excluding hydrogens is 291 g/mol. The highest BCUT2D eigenvalue weighted by Crippen LogP contribution is 2.36. The van der Waals surface area contributed by atoms with E-state index in [2.05, 4.69) is 5.10 Å². The number of hydrogen-bond donors (Lipinski definition) is 0. The summed E-state index contributed by atoms with van der Waals surface area (Å²) in [5, 5.41) is 4.30. The maximum absolute atomic E-state index is 11.6. The van der Waals surface area contributed by atoms with Gasteiger partial charge in [0.2, 0.25) is 0 Å². The summed E-state index contributed by atoms with van der Waals surface area (Å²) in [6.07, 6.45) is 4.16. The average molecular weight is 312 g/mol. The minimum Gasteiger partial charge on any atom is -0.399 e. The molecule has 2 fully saturated rings. The molecule has 0 saturated carbocycles. The molecule has 0 radical (unpaired) electrons. The summed E-state index contributed by atoms with van der Waals surface area (Å²) in [4.78, 5) is 0. The van der Waals surface area contributed by atoms with Crippen molar-refractivity contribution in [3.8, 4) is 0 Å². The van der Waals surface area contributed by atoms with Crippen molar-refractivity contribution >= 4 is 22.4 Å². The van der Waals surface area contributed by atoms with Gasteiger partial charge >= 0.3 is 7.12 Å². The van der Waals surface area contributed by atoms with Gasteiger partial charge < -0.3 is 9.31 Å². The molecule has 21 heavy (non-hydrogen) atoms. The van der Waals surface area contributed by atoms with Crippen LogP contribution in [0.3, 0.4) is 0 Å². The van der Waals surface area contributed by atoms with Crippen LogP contribution in [0.4, 0.5) is 0 Å². The quantitative estimate of drug-likeness (QED) is 0.746. The summed E-state index contributed by atoms with van der Waals surface area (Å²) in [5.74, 6) is 0.404. The van der Waals surface area contributed by atoms with Gasteiger partial charge in [-0.25, -0.2) is 8.42 Å². The van der Waals surface area contributed by atoms with E-state index in [-0.39, 0.29) is 17.5 Å². The van der Waals surface area contributed by atoms with E-state index in [0.717, 1.165) is 5.46 Å². The lowest BCUT2D eigenvalue weighted by Crippen LogP contribution is -2.41. The predicted octanol–water partition coefficient (Wildman–Crippen LogP) is 0.542. The van der Waals surface area contributed by atoms with Crippen molar-refractivity contribution < 1.29 is 17.7 Å². The first kappa shape index (κ1) is 15.1. The van der Waals surface area contributed by atoms with E-state index < -0.39 is 28.2 Å². The van der Waals surface area contributed by atoms with Crippen LogP contribution in [0, 0.1) is 0 Å². The molecule has 0 aliphatic carbocycles. The maximum Gasteiger partial charge on any atom is 0.498 e. The van der Waals surface area contributed by atoms with Gasteiger partial charge in [0.1, 0.15) is 0 Å². The van der Waals surface area contributed by atoms with Gasteiger partial charge in [-0.2, -0.15) is 5.10 Å². The number of aromatic nitrogens is 2. The van der Waals surface area contributed by atoms with Crippen LogP contribution < -0.4 is 5.46 Å². The van der Waals surface area contributed by atoms with Gasteiger partial charge in [0.25, 0.3) is 0 Å². The lowest BCUT2D eigenvalue weighted by Gasteiger charge is -2.32. The van der Waals surface area contributed by atoms with Gasteiger partial charge in [-0.05, 0) is 34.1 Å². The molecule has 2 aliphatic rings. The standard InChI is InChI=1S/C13H21BN2O4S/c1-12(2)13(3,4)20-14(19-12)10-7-15-16(8-10)11-5-6-21(17,18)9-11/h7-8,11H,5-6,9H2,1-4H3/t11-/m1/s1. The lowest BCUT2D eigenvalue weighted by atomic mass is 9.82. The van der Waals surface area contributed by atoms with E-state index in [1.165, 1.54) is 0 Å². The van der Waals surface area contributed by atoms with E-state index >= 15 is 0 Å². The summed E-state index contributed by atoms with van der Waals surface area (Å²) in [7, 11) is -3.37. The second-order valence-corrected chi connectivity index (χ2v) is 9.13. The molecule has 3 rings (SSSR count). The van der Waals surface area contributed by atoms with Crippen LogP contribution in [0.25, 0.3) is 0 Å². The number of nitrogens with zero attached hydrogens (tertiary/aromatic N) is 2. The van der Waals surface area contributed by atoms with E-state index in [1.807, 2.05) is 33.9 Å². The van der Waals surface area contributed by atoms with Crippen LogP contribution in [-0.4, -0.2) is 48.0 Å². The second-order valence-electron chi connectivity index (χ2n) is 6.90. The third kappa shape index (κ3) is 2.64. The summed E-state index contributed by atoms with van der Waals surface area (Å²) >= 11 is 0. The van der Waals surface area contributed by atoms with Crippen LogP contribution in [-0.2, 0) is 19.1 Å². The second kappa shape index (κ2) is 4.57. The van der Waals surface area contributed by atoms with Crippen molar-refractivity contribution in [3.63, 3.8) is 0 Å². The first-order valence-electron chi connectivity index (χ1n) is 7.20. The summed E-state index contributed by atoms with van der Waals surface area (Å²) in [6, 6.07) is -0.0776. The fraction of sp³-hybridized carbons (Fsp3) is 0.769. The zero-order valence-corrected chi connectivity index (χ0v) is 13.7. The van der Waals surface area contributed by atoms with Gasteiger partial charge in [0, 0.05) is 17.9 Å². The molecule has 116 valence electrons. The van der Waals surface area contributed by atoms with Crippen molar-refractivity contribution in [2.24, 2.45) is 0 Å². The van der Waals surface area contributed by atoms with Crippen molar-refractivity contribution in [1.82, 2.24) is 9.78 Å². The number of hydrogen-bond acceptors (Lipinski definition) is 5. The molecule has 2 saturated heterocycles. The summed E-state index contributed by atoms with van der Waals surface area (Å²) in [5.41, 5.74) is 0.0466. The van der Waals surface area contributed by atoms with Crippen LogP contribution in [0.15, 0.2) is 12.4 Å². The highest BCUT2D eigenvalue weighted by atomic mass is 32.2. The van der Waals surface area contributed by atoms with Gasteiger partial charge in [-0.1, -0.05) is 0 Å². The molecule has 0 N–H and O–H groups in total. The molecule has 0 amide bonds. The molecule has 1 atom stereocenters. The molecule has 1 aromatic rings. The van der Waals surface area contributed by atoms with Crippen LogP contribution >= 0.6 is 0 Å². The first-order valence-corrected chi connectivity index (χ1v) is 9.02. The summed E-state index contributed by atoms with van der Waals surface area (Å²) < 4.78 is 36.8. The van der Waals surface area contributed by atoms with Crippen LogP contribution in [0.5, 0.6) is 0 Å². The smallest absolute Gasteiger partial charge is 0.399 e. The molecule has 0 bridgehead atoms. The summed E-state index contributed by atoms with van der Waals surface area (Å²) in [6.45, 7) is 8.00.